The number of carboxylic acid groups (broad SMARTS) is 1. The second-order valence-corrected chi connectivity index (χ2v) is 3.11. The molecule has 0 bridgehead atoms. The van der Waals surface area contributed by atoms with Crippen LogP contribution in [0.1, 0.15) is 0 Å². The topological polar surface area (TPSA) is 60.8 Å². The number of hydrogen-bond acceptors (Lipinski definition) is 3. The van der Waals surface area contributed by atoms with Crippen LogP contribution in [0, 0.1) is 11.8 Å². The standard InChI is InChI=1S/C7H13NO3/c1-8-2-5(4-9)6(3-8)7(10)11/h5-6,9H,2-4H2,1H3,(H,10,11)/t5-,6-/m1/s1. The number of nitrogens with zero attached hydrogens (tertiary/aromatic N) is 1. The number of likely N-dealkylation sites (tertiary alicyclic amines) is 1. The molecule has 0 aromatic carbocycles. The summed E-state index contributed by atoms with van der Waals surface area (Å²) in [6.45, 7) is 1.22. The smallest absolute Gasteiger partial charge is 0.308 e. The molecule has 0 aromatic heterocycles. The number of rotatable bonds is 2. The fourth-order valence-corrected chi connectivity index (χ4v) is 1.55. The molecular formula is C7H13NO3. The van der Waals surface area contributed by atoms with Crippen LogP contribution in [0.5, 0.6) is 0 Å². The van der Waals surface area contributed by atoms with E-state index in [9.17, 15) is 4.79 Å². The summed E-state index contributed by atoms with van der Waals surface area (Å²) in [5, 5.41) is 17.5. The van der Waals surface area contributed by atoms with Crippen LogP contribution in [0.4, 0.5) is 0 Å². The van der Waals surface area contributed by atoms with Crippen LogP contribution in [-0.4, -0.2) is 47.8 Å². The maximum absolute atomic E-state index is 10.6. The third kappa shape index (κ3) is 1.70. The van der Waals surface area contributed by atoms with Crippen LogP contribution >= 0.6 is 0 Å². The Kier molecular flexibility index (Phi) is 2.46. The minimum absolute atomic E-state index is 0.0265. The highest BCUT2D eigenvalue weighted by atomic mass is 16.4. The first-order valence-corrected chi connectivity index (χ1v) is 3.67. The van der Waals surface area contributed by atoms with Crippen molar-refractivity contribution in [1.29, 1.82) is 0 Å². The van der Waals surface area contributed by atoms with E-state index in [1.807, 2.05) is 11.9 Å². The fourth-order valence-electron chi connectivity index (χ4n) is 1.55. The van der Waals surface area contributed by atoms with Gasteiger partial charge in [0.05, 0.1) is 5.92 Å². The zero-order chi connectivity index (χ0) is 8.43. The van der Waals surface area contributed by atoms with Crippen molar-refractivity contribution >= 4 is 5.97 Å². The van der Waals surface area contributed by atoms with Crippen LogP contribution in [-0.2, 0) is 4.79 Å². The van der Waals surface area contributed by atoms with E-state index in [-0.39, 0.29) is 18.4 Å². The van der Waals surface area contributed by atoms with Gasteiger partial charge in [-0.1, -0.05) is 0 Å². The Hall–Kier alpha value is -0.610. The summed E-state index contributed by atoms with van der Waals surface area (Å²) in [6.07, 6.45) is 0. The molecule has 0 radical (unpaired) electrons. The Morgan fingerprint density at radius 2 is 2.27 bits per heavy atom. The van der Waals surface area contributed by atoms with E-state index in [2.05, 4.69) is 0 Å². The molecule has 0 aromatic rings. The van der Waals surface area contributed by atoms with Gasteiger partial charge in [0, 0.05) is 25.6 Å². The molecule has 1 aliphatic rings. The van der Waals surface area contributed by atoms with E-state index < -0.39 is 5.97 Å². The molecule has 0 amide bonds. The highest BCUT2D eigenvalue weighted by Gasteiger charge is 2.35. The molecule has 0 aliphatic carbocycles. The average Bonchev–Trinajstić information content (AvgIpc) is 2.30. The van der Waals surface area contributed by atoms with Gasteiger partial charge in [0.15, 0.2) is 0 Å². The molecule has 1 saturated heterocycles. The minimum atomic E-state index is -0.798. The Balaban J connectivity index is 2.57. The molecule has 0 saturated carbocycles. The maximum Gasteiger partial charge on any atom is 0.308 e. The van der Waals surface area contributed by atoms with Crippen molar-refractivity contribution in [3.8, 4) is 0 Å². The first kappa shape index (κ1) is 8.49. The second-order valence-electron chi connectivity index (χ2n) is 3.11. The van der Waals surface area contributed by atoms with Gasteiger partial charge in [-0.3, -0.25) is 4.79 Å². The van der Waals surface area contributed by atoms with E-state index in [1.54, 1.807) is 0 Å². The van der Waals surface area contributed by atoms with Crippen molar-refractivity contribution in [2.45, 2.75) is 0 Å². The lowest BCUT2D eigenvalue weighted by Crippen LogP contribution is -2.24. The van der Waals surface area contributed by atoms with Crippen LogP contribution in [0.3, 0.4) is 0 Å². The number of hydrogen-bond donors (Lipinski definition) is 2. The Labute approximate surface area is 65.4 Å². The lowest BCUT2D eigenvalue weighted by molar-refractivity contribution is -0.142. The lowest BCUT2D eigenvalue weighted by Gasteiger charge is -2.09. The SMILES string of the molecule is CN1C[C@H](CO)[C@H](C(=O)O)C1. The van der Waals surface area contributed by atoms with E-state index >= 15 is 0 Å². The third-order valence-electron chi connectivity index (χ3n) is 2.18. The summed E-state index contributed by atoms with van der Waals surface area (Å²) < 4.78 is 0. The molecule has 1 heterocycles. The summed E-state index contributed by atoms with van der Waals surface area (Å²) in [5.74, 6) is -1.27. The Morgan fingerprint density at radius 1 is 1.64 bits per heavy atom. The van der Waals surface area contributed by atoms with Gasteiger partial charge in [-0.2, -0.15) is 0 Å². The summed E-state index contributed by atoms with van der Waals surface area (Å²) >= 11 is 0. The van der Waals surface area contributed by atoms with Crippen molar-refractivity contribution in [1.82, 2.24) is 4.90 Å². The zero-order valence-electron chi connectivity index (χ0n) is 6.53. The normalized spacial score (nSPS) is 32.5. The molecule has 2 N–H and O–H groups in total. The number of carbonyl (C=O) groups is 1. The Morgan fingerprint density at radius 3 is 2.64 bits per heavy atom. The molecule has 4 nitrogen and oxygen atoms in total. The highest BCUT2D eigenvalue weighted by molar-refractivity contribution is 5.71. The second kappa shape index (κ2) is 3.19. The maximum atomic E-state index is 10.6. The minimum Gasteiger partial charge on any atom is -0.481 e. The third-order valence-corrected chi connectivity index (χ3v) is 2.18. The molecule has 11 heavy (non-hydrogen) atoms. The van der Waals surface area contributed by atoms with Crippen molar-refractivity contribution in [3.63, 3.8) is 0 Å². The van der Waals surface area contributed by atoms with E-state index in [4.69, 9.17) is 10.2 Å². The molecule has 2 atom stereocenters. The van der Waals surface area contributed by atoms with Gasteiger partial charge in [-0.15, -0.1) is 0 Å². The number of carboxylic acids is 1. The molecule has 64 valence electrons. The fraction of sp³-hybridized carbons (Fsp3) is 0.857. The number of aliphatic hydroxyl groups is 1. The summed E-state index contributed by atoms with van der Waals surface area (Å²) in [7, 11) is 1.87. The van der Waals surface area contributed by atoms with Gasteiger partial charge in [0.25, 0.3) is 0 Å². The first-order valence-electron chi connectivity index (χ1n) is 3.67. The zero-order valence-corrected chi connectivity index (χ0v) is 6.53. The predicted octanol–water partition coefficient (Wildman–Crippen LogP) is -0.759. The van der Waals surface area contributed by atoms with E-state index in [1.165, 1.54) is 0 Å². The summed E-state index contributed by atoms with van der Waals surface area (Å²) in [4.78, 5) is 12.5. The number of aliphatic carboxylic acids is 1. The van der Waals surface area contributed by atoms with E-state index in [0.717, 1.165) is 0 Å². The quantitative estimate of drug-likeness (QED) is 0.556. The summed E-state index contributed by atoms with van der Waals surface area (Å²) in [6, 6.07) is 0. The van der Waals surface area contributed by atoms with Crippen molar-refractivity contribution in [3.05, 3.63) is 0 Å². The van der Waals surface area contributed by atoms with E-state index in [0.29, 0.717) is 13.1 Å². The van der Waals surface area contributed by atoms with Gasteiger partial charge in [-0.05, 0) is 7.05 Å². The van der Waals surface area contributed by atoms with Crippen LogP contribution in [0.15, 0.2) is 0 Å². The predicted molar refractivity (Wildman–Crippen MR) is 39.2 cm³/mol. The van der Waals surface area contributed by atoms with Crippen molar-refractivity contribution < 1.29 is 15.0 Å². The lowest BCUT2D eigenvalue weighted by atomic mass is 9.97. The van der Waals surface area contributed by atoms with Crippen molar-refractivity contribution in [2.75, 3.05) is 26.7 Å². The van der Waals surface area contributed by atoms with Gasteiger partial charge >= 0.3 is 5.97 Å². The molecule has 1 aliphatic heterocycles. The van der Waals surface area contributed by atoms with Crippen molar-refractivity contribution in [2.24, 2.45) is 11.8 Å². The molecule has 4 heteroatoms. The van der Waals surface area contributed by atoms with Crippen LogP contribution in [0.25, 0.3) is 0 Å². The largest absolute Gasteiger partial charge is 0.481 e. The highest BCUT2D eigenvalue weighted by Crippen LogP contribution is 2.21. The Bertz CT molecular complexity index is 160. The van der Waals surface area contributed by atoms with Gasteiger partial charge in [-0.25, -0.2) is 0 Å². The van der Waals surface area contributed by atoms with Gasteiger partial charge in [0.1, 0.15) is 0 Å². The number of aliphatic hydroxyl groups excluding tert-OH is 1. The first-order chi connectivity index (χ1) is 5.15. The molecule has 0 unspecified atom stereocenters. The van der Waals surface area contributed by atoms with Gasteiger partial charge in [0.2, 0.25) is 0 Å². The average molecular weight is 159 g/mol. The van der Waals surface area contributed by atoms with Crippen LogP contribution in [0.2, 0.25) is 0 Å². The van der Waals surface area contributed by atoms with Crippen LogP contribution < -0.4 is 0 Å². The summed E-state index contributed by atoms with van der Waals surface area (Å²) in [5.41, 5.74) is 0. The molecular weight excluding hydrogens is 146 g/mol. The monoisotopic (exact) mass is 159 g/mol. The van der Waals surface area contributed by atoms with Gasteiger partial charge < -0.3 is 15.1 Å². The molecule has 1 rings (SSSR count). The molecule has 0 spiro atoms. The molecule has 1 fully saturated rings.